The van der Waals surface area contributed by atoms with Crippen LogP contribution in [-0.4, -0.2) is 51.4 Å². The first-order chi connectivity index (χ1) is 27.2. The predicted molar refractivity (Wildman–Crippen MR) is 181 cm³/mol. The molecule has 5 rings (SSSR count). The molecular formula is C37H40F4N4O2S. The number of carbonyl (C=O) groups is 1. The molecule has 6 nitrogen and oxygen atoms in total. The van der Waals surface area contributed by atoms with Crippen molar-refractivity contribution in [1.29, 1.82) is 0 Å². The number of carbonyl (C=O) groups excluding carboxylic acids is 1. The van der Waals surface area contributed by atoms with Crippen molar-refractivity contribution in [2.45, 2.75) is 63.6 Å². The summed E-state index contributed by atoms with van der Waals surface area (Å²) in [5.41, 5.74) is -6.09. The van der Waals surface area contributed by atoms with Gasteiger partial charge in [-0.05, 0) is 78.2 Å². The van der Waals surface area contributed by atoms with E-state index in [2.05, 4.69) is 4.98 Å². The van der Waals surface area contributed by atoms with Crippen LogP contribution in [0, 0.1) is 11.7 Å². The Bertz CT molecular complexity index is 2280. The second-order valence-electron chi connectivity index (χ2n) is 10.9. The summed E-state index contributed by atoms with van der Waals surface area (Å²) < 4.78 is 149. The zero-order valence-electron chi connectivity index (χ0n) is 37.4. The highest BCUT2D eigenvalue weighted by Crippen LogP contribution is 2.32. The van der Waals surface area contributed by atoms with E-state index in [1.807, 2.05) is 18.7 Å². The van der Waals surface area contributed by atoms with E-state index in [-0.39, 0.29) is 24.9 Å². The van der Waals surface area contributed by atoms with Crippen molar-refractivity contribution in [3.63, 3.8) is 0 Å². The fourth-order valence-electron chi connectivity index (χ4n) is 5.05. The van der Waals surface area contributed by atoms with Gasteiger partial charge >= 0.3 is 6.18 Å². The highest BCUT2D eigenvalue weighted by atomic mass is 32.2. The van der Waals surface area contributed by atoms with Crippen LogP contribution in [0.3, 0.4) is 0 Å². The monoisotopic (exact) mass is 691 g/mol. The standard InChI is InChI=1S/C37H40F4N4O2S/c1-4-43(5-2)18-19-44(22-26-6-10-28(11-7-26)29-12-14-30(15-13-29)37(39,40)41)34(46)23-45-33-21-25(3)20-32(33)35(47)42-36(45)48-24-27-8-16-31(38)17-9-27/h6-17,25H,4-5,18-24H2,1-3H3/i8D,9D,16D,17D,20D2,21D2,24D2,25D. The molecule has 0 aliphatic heterocycles. The zero-order chi connectivity index (χ0) is 44.2. The lowest BCUT2D eigenvalue weighted by Gasteiger charge is -2.28. The van der Waals surface area contributed by atoms with Gasteiger partial charge in [0.05, 0.1) is 11.0 Å². The average molecular weight is 692 g/mol. The van der Waals surface area contributed by atoms with Gasteiger partial charge in [-0.3, -0.25) is 9.59 Å². The molecular weight excluding hydrogens is 640 g/mol. The van der Waals surface area contributed by atoms with Gasteiger partial charge in [0.2, 0.25) is 5.91 Å². The van der Waals surface area contributed by atoms with Crippen LogP contribution in [0.25, 0.3) is 11.1 Å². The van der Waals surface area contributed by atoms with E-state index in [0.29, 0.717) is 36.3 Å². The summed E-state index contributed by atoms with van der Waals surface area (Å²) in [4.78, 5) is 35.4. The Morgan fingerprint density at radius 3 is 2.25 bits per heavy atom. The van der Waals surface area contributed by atoms with E-state index in [0.717, 1.165) is 23.6 Å². The minimum absolute atomic E-state index is 0.00760. The number of likely N-dealkylation sites (N-methyl/N-ethyl adjacent to an activating group) is 1. The van der Waals surface area contributed by atoms with Gasteiger partial charge in [0, 0.05) is 46.2 Å². The number of nitrogens with zero attached hydrogens (tertiary/aromatic N) is 4. The summed E-state index contributed by atoms with van der Waals surface area (Å²) in [5.74, 6) is -4.94. The molecule has 0 N–H and O–H groups in total. The molecule has 1 aromatic heterocycles. The molecule has 254 valence electrons. The number of hydrogen-bond donors (Lipinski definition) is 0. The van der Waals surface area contributed by atoms with Crippen molar-refractivity contribution >= 4 is 17.7 Å². The Balaban J connectivity index is 1.60. The summed E-state index contributed by atoms with van der Waals surface area (Å²) in [7, 11) is 0. The van der Waals surface area contributed by atoms with Crippen LogP contribution in [0.5, 0.6) is 0 Å². The molecule has 0 bridgehead atoms. The molecule has 0 radical (unpaired) electrons. The third-order valence-corrected chi connectivity index (χ3v) is 8.51. The van der Waals surface area contributed by atoms with Gasteiger partial charge in [-0.15, -0.1) is 0 Å². The van der Waals surface area contributed by atoms with Crippen LogP contribution in [0.1, 0.15) is 63.8 Å². The van der Waals surface area contributed by atoms with Crippen molar-refractivity contribution in [3.05, 3.63) is 117 Å². The van der Waals surface area contributed by atoms with Crippen LogP contribution in [0.15, 0.2) is 82.7 Å². The lowest BCUT2D eigenvalue weighted by molar-refractivity contribution is -0.137. The molecule has 0 fully saturated rings. The number of amides is 1. The largest absolute Gasteiger partial charge is 0.416 e. The molecule has 1 aliphatic rings. The van der Waals surface area contributed by atoms with E-state index < -0.39 is 106 Å². The first-order valence-electron chi connectivity index (χ1n) is 20.6. The van der Waals surface area contributed by atoms with Crippen molar-refractivity contribution < 1.29 is 37.4 Å². The number of fused-ring (bicyclic) bond motifs is 1. The smallest absolute Gasteiger partial charge is 0.336 e. The molecule has 11 heteroatoms. The first kappa shape index (κ1) is 23.4. The molecule has 1 unspecified atom stereocenters. The molecule has 1 atom stereocenters. The Labute approximate surface area is 298 Å². The van der Waals surface area contributed by atoms with Crippen LogP contribution in [0.2, 0.25) is 0 Å². The van der Waals surface area contributed by atoms with Gasteiger partial charge < -0.3 is 14.4 Å². The molecule has 0 saturated heterocycles. The van der Waals surface area contributed by atoms with Crippen LogP contribution >= 0.6 is 11.8 Å². The van der Waals surface area contributed by atoms with Crippen molar-refractivity contribution in [1.82, 2.24) is 19.4 Å². The van der Waals surface area contributed by atoms with E-state index in [1.165, 1.54) is 17.0 Å². The maximum atomic E-state index is 14.5. The normalized spacial score (nSPS) is 21.6. The summed E-state index contributed by atoms with van der Waals surface area (Å²) in [5, 5.41) is -0.713. The topological polar surface area (TPSA) is 58.4 Å². The Morgan fingerprint density at radius 2 is 1.65 bits per heavy atom. The number of hydrogen-bond acceptors (Lipinski definition) is 5. The highest BCUT2D eigenvalue weighted by molar-refractivity contribution is 7.98. The molecule has 48 heavy (non-hydrogen) atoms. The summed E-state index contributed by atoms with van der Waals surface area (Å²) in [6, 6.07) is 6.73. The van der Waals surface area contributed by atoms with Gasteiger partial charge in [0.1, 0.15) is 12.4 Å². The van der Waals surface area contributed by atoms with Crippen molar-refractivity contribution in [3.8, 4) is 11.1 Å². The predicted octanol–water partition coefficient (Wildman–Crippen LogP) is 7.47. The van der Waals surface area contributed by atoms with Crippen molar-refractivity contribution in [2.24, 2.45) is 5.89 Å². The van der Waals surface area contributed by atoms with Crippen LogP contribution in [-0.2, 0) is 42.5 Å². The molecule has 0 spiro atoms. The highest BCUT2D eigenvalue weighted by Gasteiger charge is 2.30. The number of alkyl halides is 3. The number of benzene rings is 3. The second-order valence-corrected chi connectivity index (χ2v) is 11.7. The van der Waals surface area contributed by atoms with Crippen LogP contribution in [0.4, 0.5) is 17.6 Å². The second kappa shape index (κ2) is 15.5. The zero-order valence-corrected chi connectivity index (χ0v) is 27.2. The third kappa shape index (κ3) is 8.73. The van der Waals surface area contributed by atoms with Crippen molar-refractivity contribution in [2.75, 3.05) is 26.2 Å². The van der Waals surface area contributed by atoms with E-state index in [4.69, 9.17) is 15.1 Å². The number of halogens is 4. The average Bonchev–Trinajstić information content (AvgIpc) is 3.27. The first-order valence-corrected chi connectivity index (χ1v) is 15.9. The van der Waals surface area contributed by atoms with Gasteiger partial charge in [-0.2, -0.15) is 18.2 Å². The number of thioether (sulfide) groups is 1. The third-order valence-electron chi connectivity index (χ3n) is 7.71. The SMILES string of the molecule is [2H]c1c([2H])c(C([2H])([2H])Sc2nc(=O)c3c(n2CC(=O)N(CCN(CC)CC)Cc2ccc(-c4ccc(C(F)(F)F)cc4)cc2)C([2H])([2H])C([2H])(C)C3([2H])[2H])c([2H])c([2H])c1F. The fourth-order valence-corrected chi connectivity index (χ4v) is 5.74. The Hall–Kier alpha value is -3.96. The quantitative estimate of drug-likeness (QED) is 0.0828. The molecule has 3 aromatic carbocycles. The van der Waals surface area contributed by atoms with E-state index in [1.54, 1.807) is 24.3 Å². The maximum Gasteiger partial charge on any atom is 0.416 e. The molecule has 1 heterocycles. The minimum Gasteiger partial charge on any atom is -0.336 e. The lowest BCUT2D eigenvalue weighted by Crippen LogP contribution is -2.40. The van der Waals surface area contributed by atoms with Crippen LogP contribution < -0.4 is 5.56 Å². The summed E-state index contributed by atoms with van der Waals surface area (Å²) in [6.45, 7) is 5.49. The minimum atomic E-state index is -4.51. The molecule has 0 saturated carbocycles. The molecule has 4 aromatic rings. The Kier molecular flexibility index (Phi) is 7.56. The summed E-state index contributed by atoms with van der Waals surface area (Å²) in [6.07, 6.45) is -10.5. The van der Waals surface area contributed by atoms with Gasteiger partial charge in [0.25, 0.3) is 5.56 Å². The van der Waals surface area contributed by atoms with Gasteiger partial charge in [-0.1, -0.05) is 81.0 Å². The Morgan fingerprint density at radius 1 is 1.02 bits per heavy atom. The number of rotatable bonds is 13. The molecule has 1 aliphatic carbocycles. The number of aromatic nitrogens is 2. The van der Waals surface area contributed by atoms with E-state index >= 15 is 0 Å². The van der Waals surface area contributed by atoms with E-state index in [9.17, 15) is 27.2 Å². The maximum absolute atomic E-state index is 14.5. The fraction of sp³-hybridized carbons (Fsp3) is 0.378. The van der Waals surface area contributed by atoms with Gasteiger partial charge in [0.15, 0.2) is 5.16 Å². The molecule has 1 amide bonds. The lowest BCUT2D eigenvalue weighted by atomic mass is 10.0. The summed E-state index contributed by atoms with van der Waals surface area (Å²) >= 11 is 0.00760. The van der Waals surface area contributed by atoms with Gasteiger partial charge in [-0.25, -0.2) is 4.39 Å².